The third-order valence-corrected chi connectivity index (χ3v) is 6.14. The van der Waals surface area contributed by atoms with Gasteiger partial charge in [-0.2, -0.15) is 0 Å². The third-order valence-electron chi connectivity index (χ3n) is 6.14. The third kappa shape index (κ3) is 1.50. The Bertz CT molecular complexity index is 1200. The first-order chi connectivity index (χ1) is 12.8. The van der Waals surface area contributed by atoms with Gasteiger partial charge in [-0.05, 0) is 46.4 Å². The molecule has 3 aromatic carbocycles. The Kier molecular flexibility index (Phi) is 2.54. The van der Waals surface area contributed by atoms with E-state index in [1.165, 1.54) is 44.5 Å². The van der Waals surface area contributed by atoms with E-state index >= 15 is 0 Å². The number of rotatable bonds is 0. The average molecular weight is 331 g/mol. The molecule has 1 nitrogen and oxygen atoms in total. The fourth-order valence-electron chi connectivity index (χ4n) is 5.07. The topological polar surface area (TPSA) is 12.9 Å². The van der Waals surface area contributed by atoms with Crippen LogP contribution in [0.3, 0.4) is 0 Å². The van der Waals surface area contributed by atoms with Gasteiger partial charge in [-0.3, -0.25) is 4.98 Å². The highest BCUT2D eigenvalue weighted by Gasteiger charge is 2.45. The second-order valence-electron chi connectivity index (χ2n) is 7.34. The molecule has 0 fully saturated rings. The number of benzene rings is 3. The van der Waals surface area contributed by atoms with E-state index in [0.717, 1.165) is 5.69 Å². The summed E-state index contributed by atoms with van der Waals surface area (Å²) in [5.41, 5.74) is 11.5. The quantitative estimate of drug-likeness (QED) is 0.381. The molecule has 2 aliphatic rings. The van der Waals surface area contributed by atoms with Crippen molar-refractivity contribution in [1.82, 2.24) is 4.98 Å². The SMILES string of the molecule is CC12c3ccccc3-c3cccnc3-c3cccc(c31)-c1ccccc12. The molecule has 1 heterocycles. The number of hydrogen-bond acceptors (Lipinski definition) is 1. The van der Waals surface area contributed by atoms with Gasteiger partial charge in [0.15, 0.2) is 0 Å². The van der Waals surface area contributed by atoms with Gasteiger partial charge in [0, 0.05) is 22.7 Å². The minimum absolute atomic E-state index is 0.167. The largest absolute Gasteiger partial charge is 0.256 e. The highest BCUT2D eigenvalue weighted by Crippen LogP contribution is 2.59. The maximum Gasteiger partial charge on any atom is 0.0783 e. The van der Waals surface area contributed by atoms with Gasteiger partial charge in [0.2, 0.25) is 0 Å². The molecular formula is C25H17N. The standard InChI is InChI=1S/C25H17N/c1-25-21-13-4-2-8-16(21)18-10-6-11-20(23(18)25)24-19(12-7-15-26-24)17-9-3-5-14-22(17)25/h2-15H,1H3. The van der Waals surface area contributed by atoms with E-state index in [-0.39, 0.29) is 5.41 Å². The van der Waals surface area contributed by atoms with E-state index < -0.39 is 0 Å². The number of pyridine rings is 1. The summed E-state index contributed by atoms with van der Waals surface area (Å²) in [6, 6.07) is 28.6. The van der Waals surface area contributed by atoms with Crippen LogP contribution in [-0.4, -0.2) is 4.98 Å². The van der Waals surface area contributed by atoms with Crippen molar-refractivity contribution in [3.8, 4) is 33.5 Å². The molecule has 6 rings (SSSR count). The van der Waals surface area contributed by atoms with Gasteiger partial charge in [-0.15, -0.1) is 0 Å². The molecule has 1 aromatic heterocycles. The Labute approximate surface area is 153 Å². The van der Waals surface area contributed by atoms with Gasteiger partial charge in [0.25, 0.3) is 0 Å². The summed E-state index contributed by atoms with van der Waals surface area (Å²) in [4.78, 5) is 4.82. The van der Waals surface area contributed by atoms with Gasteiger partial charge in [0.05, 0.1) is 5.69 Å². The lowest BCUT2D eigenvalue weighted by molar-refractivity contribution is 0.720. The molecule has 2 aliphatic carbocycles. The number of aromatic nitrogens is 1. The lowest BCUT2D eigenvalue weighted by atomic mass is 9.72. The number of fused-ring (bicyclic) bond motifs is 8. The van der Waals surface area contributed by atoms with E-state index in [2.05, 4.69) is 79.7 Å². The Morgan fingerprint density at radius 2 is 1.15 bits per heavy atom. The first-order valence-electron chi connectivity index (χ1n) is 9.09. The Morgan fingerprint density at radius 1 is 0.577 bits per heavy atom. The van der Waals surface area contributed by atoms with Crippen molar-refractivity contribution in [2.24, 2.45) is 0 Å². The summed E-state index contributed by atoms with van der Waals surface area (Å²) in [7, 11) is 0. The fourth-order valence-corrected chi connectivity index (χ4v) is 5.07. The Hall–Kier alpha value is -3.19. The van der Waals surface area contributed by atoms with Crippen LogP contribution in [0.5, 0.6) is 0 Å². The zero-order valence-electron chi connectivity index (χ0n) is 14.5. The van der Waals surface area contributed by atoms with Gasteiger partial charge in [-0.25, -0.2) is 0 Å². The summed E-state index contributed by atoms with van der Waals surface area (Å²) < 4.78 is 0. The molecule has 0 radical (unpaired) electrons. The summed E-state index contributed by atoms with van der Waals surface area (Å²) in [6.07, 6.45) is 1.91. The molecule has 0 amide bonds. The fraction of sp³-hybridized carbons (Fsp3) is 0.0800. The van der Waals surface area contributed by atoms with Gasteiger partial charge < -0.3 is 0 Å². The molecule has 122 valence electrons. The second-order valence-corrected chi connectivity index (χ2v) is 7.34. The lowest BCUT2D eigenvalue weighted by Crippen LogP contribution is -2.23. The summed E-state index contributed by atoms with van der Waals surface area (Å²) in [5, 5.41) is 0. The first-order valence-corrected chi connectivity index (χ1v) is 9.09. The molecule has 0 bridgehead atoms. The molecule has 0 saturated heterocycles. The average Bonchev–Trinajstić information content (AvgIpc) is 2.93. The van der Waals surface area contributed by atoms with Crippen molar-refractivity contribution in [1.29, 1.82) is 0 Å². The van der Waals surface area contributed by atoms with E-state index in [1.54, 1.807) is 0 Å². The molecule has 1 atom stereocenters. The van der Waals surface area contributed by atoms with Crippen LogP contribution < -0.4 is 0 Å². The van der Waals surface area contributed by atoms with Gasteiger partial charge in [-0.1, -0.05) is 72.8 Å². The van der Waals surface area contributed by atoms with Crippen LogP contribution in [0.1, 0.15) is 23.6 Å². The highest BCUT2D eigenvalue weighted by atomic mass is 14.7. The Balaban J connectivity index is 1.90. The van der Waals surface area contributed by atoms with Crippen molar-refractivity contribution in [3.05, 3.63) is 102 Å². The maximum absolute atomic E-state index is 4.82. The lowest BCUT2D eigenvalue weighted by Gasteiger charge is -2.29. The van der Waals surface area contributed by atoms with Crippen LogP contribution >= 0.6 is 0 Å². The van der Waals surface area contributed by atoms with Gasteiger partial charge in [0.1, 0.15) is 0 Å². The van der Waals surface area contributed by atoms with Gasteiger partial charge >= 0.3 is 0 Å². The van der Waals surface area contributed by atoms with E-state index in [9.17, 15) is 0 Å². The van der Waals surface area contributed by atoms with E-state index in [4.69, 9.17) is 4.98 Å². The first kappa shape index (κ1) is 14.0. The molecule has 0 saturated carbocycles. The van der Waals surface area contributed by atoms with Crippen LogP contribution in [0.2, 0.25) is 0 Å². The number of nitrogens with zero attached hydrogens (tertiary/aromatic N) is 1. The summed E-state index contributed by atoms with van der Waals surface area (Å²) in [5.74, 6) is 0. The van der Waals surface area contributed by atoms with Crippen molar-refractivity contribution in [3.63, 3.8) is 0 Å². The smallest absolute Gasteiger partial charge is 0.0783 e. The van der Waals surface area contributed by atoms with Crippen LogP contribution in [0.4, 0.5) is 0 Å². The summed E-state index contributed by atoms with van der Waals surface area (Å²) >= 11 is 0. The predicted molar refractivity (Wildman–Crippen MR) is 106 cm³/mol. The highest BCUT2D eigenvalue weighted by molar-refractivity contribution is 5.97. The molecule has 1 unspecified atom stereocenters. The minimum atomic E-state index is -0.167. The van der Waals surface area contributed by atoms with E-state index in [0.29, 0.717) is 0 Å². The predicted octanol–water partition coefficient (Wildman–Crippen LogP) is 6.06. The van der Waals surface area contributed by atoms with Crippen LogP contribution in [0.15, 0.2) is 85.1 Å². The zero-order valence-corrected chi connectivity index (χ0v) is 14.5. The molecular weight excluding hydrogens is 314 g/mol. The van der Waals surface area contributed by atoms with Crippen molar-refractivity contribution in [2.45, 2.75) is 12.3 Å². The molecule has 26 heavy (non-hydrogen) atoms. The van der Waals surface area contributed by atoms with Crippen molar-refractivity contribution in [2.75, 3.05) is 0 Å². The van der Waals surface area contributed by atoms with Crippen LogP contribution in [0.25, 0.3) is 33.5 Å². The number of hydrogen-bond donors (Lipinski definition) is 0. The normalized spacial score (nSPS) is 18.3. The molecule has 0 N–H and O–H groups in total. The molecule has 0 spiro atoms. The monoisotopic (exact) mass is 331 g/mol. The molecule has 0 aliphatic heterocycles. The summed E-state index contributed by atoms with van der Waals surface area (Å²) in [6.45, 7) is 2.38. The molecule has 1 heteroatoms. The Morgan fingerprint density at radius 3 is 1.92 bits per heavy atom. The van der Waals surface area contributed by atoms with Crippen molar-refractivity contribution < 1.29 is 0 Å². The maximum atomic E-state index is 4.82. The van der Waals surface area contributed by atoms with Crippen LogP contribution in [-0.2, 0) is 5.41 Å². The van der Waals surface area contributed by atoms with E-state index in [1.807, 2.05) is 12.3 Å². The minimum Gasteiger partial charge on any atom is -0.256 e. The van der Waals surface area contributed by atoms with Crippen LogP contribution in [0, 0.1) is 0 Å². The second kappa shape index (κ2) is 4.70. The van der Waals surface area contributed by atoms with Crippen molar-refractivity contribution >= 4 is 0 Å². The zero-order chi connectivity index (χ0) is 17.3. The molecule has 4 aromatic rings.